The van der Waals surface area contributed by atoms with Gasteiger partial charge in [0.1, 0.15) is 0 Å². The molecule has 1 aromatic rings. The molecule has 0 aromatic heterocycles. The lowest BCUT2D eigenvalue weighted by Gasteiger charge is -2.08. The average molecular weight is 171 g/mol. The monoisotopic (exact) mass is 171 g/mol. The second-order valence-electron chi connectivity index (χ2n) is 3.72. The van der Waals surface area contributed by atoms with E-state index in [-0.39, 0.29) is 0 Å². The van der Waals surface area contributed by atoms with Crippen LogP contribution in [-0.4, -0.2) is 0 Å². The number of nitrogens with zero attached hydrogens (tertiary/aromatic N) is 1. The third kappa shape index (κ3) is 1.72. The van der Waals surface area contributed by atoms with E-state index in [4.69, 9.17) is 5.26 Å². The zero-order valence-corrected chi connectivity index (χ0v) is 7.66. The summed E-state index contributed by atoms with van der Waals surface area (Å²) in [5.41, 5.74) is 2.18. The highest BCUT2D eigenvalue weighted by atomic mass is 14.2. The van der Waals surface area contributed by atoms with Gasteiger partial charge in [-0.3, -0.25) is 0 Å². The van der Waals surface area contributed by atoms with Crippen molar-refractivity contribution in [2.24, 2.45) is 0 Å². The summed E-state index contributed by atoms with van der Waals surface area (Å²) < 4.78 is 0. The molecule has 0 radical (unpaired) electrons. The van der Waals surface area contributed by atoms with Crippen molar-refractivity contribution < 1.29 is 0 Å². The van der Waals surface area contributed by atoms with Gasteiger partial charge in [0, 0.05) is 0 Å². The standard InChI is InChI=1S/C12H13N/c13-9-10-5-7-12(8-6-10)11-3-1-2-4-11/h5-8,11H,1-4H2. The Labute approximate surface area is 79.0 Å². The molecule has 0 atom stereocenters. The lowest BCUT2D eigenvalue weighted by molar-refractivity contribution is 0.723. The van der Waals surface area contributed by atoms with Crippen molar-refractivity contribution in [2.75, 3.05) is 0 Å². The van der Waals surface area contributed by atoms with E-state index in [1.807, 2.05) is 12.1 Å². The van der Waals surface area contributed by atoms with Crippen LogP contribution in [0.25, 0.3) is 0 Å². The highest BCUT2D eigenvalue weighted by molar-refractivity contribution is 5.33. The summed E-state index contributed by atoms with van der Waals surface area (Å²) in [5, 5.41) is 8.64. The van der Waals surface area contributed by atoms with E-state index in [2.05, 4.69) is 18.2 Å². The molecule has 66 valence electrons. The molecular weight excluding hydrogens is 158 g/mol. The summed E-state index contributed by atoms with van der Waals surface area (Å²) in [5.74, 6) is 0.757. The molecule has 1 aliphatic rings. The Morgan fingerprint density at radius 3 is 2.23 bits per heavy atom. The highest BCUT2D eigenvalue weighted by Crippen LogP contribution is 2.33. The van der Waals surface area contributed by atoms with Gasteiger partial charge >= 0.3 is 0 Å². The minimum absolute atomic E-state index is 0.757. The molecule has 1 nitrogen and oxygen atoms in total. The van der Waals surface area contributed by atoms with Crippen LogP contribution < -0.4 is 0 Å². The molecule has 0 N–H and O–H groups in total. The molecule has 0 unspecified atom stereocenters. The highest BCUT2D eigenvalue weighted by Gasteiger charge is 2.16. The van der Waals surface area contributed by atoms with Crippen LogP contribution in [0.5, 0.6) is 0 Å². The molecule has 0 spiro atoms. The van der Waals surface area contributed by atoms with Crippen LogP contribution in [0.15, 0.2) is 24.3 Å². The van der Waals surface area contributed by atoms with Crippen LogP contribution in [0.3, 0.4) is 0 Å². The predicted molar refractivity (Wildman–Crippen MR) is 52.4 cm³/mol. The van der Waals surface area contributed by atoms with E-state index in [9.17, 15) is 0 Å². The van der Waals surface area contributed by atoms with Gasteiger partial charge in [0.25, 0.3) is 0 Å². The van der Waals surface area contributed by atoms with Gasteiger partial charge < -0.3 is 0 Å². The van der Waals surface area contributed by atoms with E-state index in [0.29, 0.717) is 0 Å². The van der Waals surface area contributed by atoms with E-state index >= 15 is 0 Å². The van der Waals surface area contributed by atoms with Crippen molar-refractivity contribution in [2.45, 2.75) is 31.6 Å². The largest absolute Gasteiger partial charge is 0.192 e. The minimum Gasteiger partial charge on any atom is -0.192 e. The lowest BCUT2D eigenvalue weighted by atomic mass is 9.97. The van der Waals surface area contributed by atoms with Crippen LogP contribution in [0.1, 0.15) is 42.7 Å². The van der Waals surface area contributed by atoms with Gasteiger partial charge in [-0.05, 0) is 36.5 Å². The summed E-state index contributed by atoms with van der Waals surface area (Å²) in [6.45, 7) is 0. The van der Waals surface area contributed by atoms with E-state index in [0.717, 1.165) is 11.5 Å². The molecule has 13 heavy (non-hydrogen) atoms. The Hall–Kier alpha value is -1.29. The molecule has 2 rings (SSSR count). The maximum Gasteiger partial charge on any atom is 0.0991 e. The quantitative estimate of drug-likeness (QED) is 0.636. The van der Waals surface area contributed by atoms with Gasteiger partial charge in [-0.1, -0.05) is 25.0 Å². The summed E-state index contributed by atoms with van der Waals surface area (Å²) in [6.07, 6.45) is 5.38. The molecule has 0 heterocycles. The van der Waals surface area contributed by atoms with Crippen molar-refractivity contribution in [3.05, 3.63) is 35.4 Å². The van der Waals surface area contributed by atoms with Gasteiger partial charge in [0.15, 0.2) is 0 Å². The lowest BCUT2D eigenvalue weighted by Crippen LogP contribution is -1.91. The van der Waals surface area contributed by atoms with Crippen LogP contribution in [-0.2, 0) is 0 Å². The van der Waals surface area contributed by atoms with Crippen molar-refractivity contribution in [1.29, 1.82) is 5.26 Å². The molecule has 0 saturated heterocycles. The number of nitriles is 1. The average Bonchev–Trinajstić information content (AvgIpc) is 2.71. The van der Waals surface area contributed by atoms with Gasteiger partial charge in [0.05, 0.1) is 11.6 Å². The first-order valence-electron chi connectivity index (χ1n) is 4.90. The van der Waals surface area contributed by atoms with Crippen LogP contribution in [0.4, 0.5) is 0 Å². The minimum atomic E-state index is 0.757. The maximum atomic E-state index is 8.64. The Morgan fingerprint density at radius 2 is 1.69 bits per heavy atom. The van der Waals surface area contributed by atoms with E-state index < -0.39 is 0 Å². The molecular formula is C12H13N. The zero-order chi connectivity index (χ0) is 9.10. The molecule has 1 heteroatoms. The Bertz CT molecular complexity index is 312. The van der Waals surface area contributed by atoms with Gasteiger partial charge in [-0.15, -0.1) is 0 Å². The Morgan fingerprint density at radius 1 is 1.08 bits per heavy atom. The normalized spacial score (nSPS) is 17.2. The molecule has 1 aliphatic carbocycles. The predicted octanol–water partition coefficient (Wildman–Crippen LogP) is 3.22. The Kier molecular flexibility index (Phi) is 2.31. The molecule has 1 fully saturated rings. The zero-order valence-electron chi connectivity index (χ0n) is 7.66. The fraction of sp³-hybridized carbons (Fsp3) is 0.417. The number of rotatable bonds is 1. The fourth-order valence-corrected chi connectivity index (χ4v) is 2.09. The van der Waals surface area contributed by atoms with Crippen LogP contribution in [0, 0.1) is 11.3 Å². The number of benzene rings is 1. The first-order valence-corrected chi connectivity index (χ1v) is 4.90. The molecule has 0 bridgehead atoms. The third-order valence-electron chi connectivity index (χ3n) is 2.87. The number of hydrogen-bond donors (Lipinski definition) is 0. The number of hydrogen-bond acceptors (Lipinski definition) is 1. The van der Waals surface area contributed by atoms with Crippen molar-refractivity contribution in [3.63, 3.8) is 0 Å². The van der Waals surface area contributed by atoms with Gasteiger partial charge in [0.2, 0.25) is 0 Å². The fourth-order valence-electron chi connectivity index (χ4n) is 2.09. The molecule has 1 saturated carbocycles. The smallest absolute Gasteiger partial charge is 0.0991 e. The maximum absolute atomic E-state index is 8.64. The third-order valence-corrected chi connectivity index (χ3v) is 2.87. The van der Waals surface area contributed by atoms with E-state index in [1.54, 1.807) is 0 Å². The van der Waals surface area contributed by atoms with Crippen molar-refractivity contribution >= 4 is 0 Å². The van der Waals surface area contributed by atoms with Crippen LogP contribution in [0.2, 0.25) is 0 Å². The first kappa shape index (κ1) is 8.31. The topological polar surface area (TPSA) is 23.8 Å². The molecule has 1 aromatic carbocycles. The van der Waals surface area contributed by atoms with E-state index in [1.165, 1.54) is 31.2 Å². The molecule has 0 aliphatic heterocycles. The summed E-state index contributed by atoms with van der Waals surface area (Å²) in [6, 6.07) is 10.2. The summed E-state index contributed by atoms with van der Waals surface area (Å²) in [7, 11) is 0. The Balaban J connectivity index is 2.18. The summed E-state index contributed by atoms with van der Waals surface area (Å²) in [4.78, 5) is 0. The van der Waals surface area contributed by atoms with Crippen molar-refractivity contribution in [3.8, 4) is 6.07 Å². The second-order valence-corrected chi connectivity index (χ2v) is 3.72. The van der Waals surface area contributed by atoms with Crippen molar-refractivity contribution in [1.82, 2.24) is 0 Å². The molecule has 0 amide bonds. The summed E-state index contributed by atoms with van der Waals surface area (Å²) >= 11 is 0. The SMILES string of the molecule is N#Cc1ccc(C2CCCC2)cc1. The van der Waals surface area contributed by atoms with Crippen LogP contribution >= 0.6 is 0 Å². The second kappa shape index (κ2) is 3.62. The first-order chi connectivity index (χ1) is 6.40. The van der Waals surface area contributed by atoms with Gasteiger partial charge in [-0.25, -0.2) is 0 Å². The van der Waals surface area contributed by atoms with Gasteiger partial charge in [-0.2, -0.15) is 5.26 Å².